The van der Waals surface area contributed by atoms with Crippen LogP contribution in [0.3, 0.4) is 0 Å². The van der Waals surface area contributed by atoms with Crippen molar-refractivity contribution in [3.05, 3.63) is 48.0 Å². The van der Waals surface area contributed by atoms with E-state index in [0.29, 0.717) is 46.5 Å². The molecule has 0 radical (unpaired) electrons. The molecular weight excluding hydrogens is 409 g/mol. The van der Waals surface area contributed by atoms with Gasteiger partial charge >= 0.3 is 12.4 Å². The van der Waals surface area contributed by atoms with Crippen molar-refractivity contribution in [2.45, 2.75) is 33.2 Å². The molecule has 31 heavy (non-hydrogen) atoms. The topological polar surface area (TPSA) is 79.1 Å². The number of hydrogen-bond acceptors (Lipinski definition) is 3. The summed E-state index contributed by atoms with van der Waals surface area (Å²) in [6.07, 6.45) is -3.98. The number of nitrogens with one attached hydrogen (secondary N) is 2. The van der Waals surface area contributed by atoms with Crippen LogP contribution in [0.2, 0.25) is 0 Å². The Morgan fingerprint density at radius 1 is 1.16 bits per heavy atom. The molecule has 0 aliphatic heterocycles. The molecule has 3 rings (SSSR count). The van der Waals surface area contributed by atoms with Crippen LogP contribution in [0.4, 0.5) is 23.7 Å². The molecule has 2 N–H and O–H groups in total. The van der Waals surface area contributed by atoms with Crippen molar-refractivity contribution >= 4 is 22.6 Å². The lowest BCUT2D eigenvalue weighted by Crippen LogP contribution is -2.29. The first kappa shape index (κ1) is 22.0. The second-order valence-electron chi connectivity index (χ2n) is 6.76. The summed E-state index contributed by atoms with van der Waals surface area (Å²) in [7, 11) is 0. The predicted molar refractivity (Wildman–Crippen MR) is 112 cm³/mol. The minimum Gasteiger partial charge on any atom is -0.406 e. The standard InChI is InChI=1S/C22H21F3N4O2/c1-3-11-27-21(30)28-15-7-5-14(6-8-15)20-18(13-26)17-10-9-16(31-22(23,24)25)12-19(17)29(20)4-2/h5-10,12H,3-4,11H2,1-2H3,(H2,27,28,30). The molecule has 9 heteroatoms. The van der Waals surface area contributed by atoms with E-state index in [9.17, 15) is 23.2 Å². The largest absolute Gasteiger partial charge is 0.573 e. The second kappa shape index (κ2) is 9.00. The molecule has 0 unspecified atom stereocenters. The summed E-state index contributed by atoms with van der Waals surface area (Å²) in [5, 5.41) is 15.7. The van der Waals surface area contributed by atoms with E-state index in [2.05, 4.69) is 21.4 Å². The van der Waals surface area contributed by atoms with Crippen LogP contribution in [0.15, 0.2) is 42.5 Å². The first-order valence-electron chi connectivity index (χ1n) is 9.74. The highest BCUT2D eigenvalue weighted by atomic mass is 19.4. The minimum atomic E-state index is -4.80. The van der Waals surface area contributed by atoms with E-state index < -0.39 is 6.36 Å². The van der Waals surface area contributed by atoms with Gasteiger partial charge in [0.05, 0.1) is 16.8 Å². The lowest BCUT2D eigenvalue weighted by molar-refractivity contribution is -0.274. The van der Waals surface area contributed by atoms with Crippen molar-refractivity contribution in [1.29, 1.82) is 5.26 Å². The molecule has 0 saturated heterocycles. The Labute approximate surface area is 177 Å². The van der Waals surface area contributed by atoms with Crippen molar-refractivity contribution in [3.8, 4) is 23.1 Å². The maximum Gasteiger partial charge on any atom is 0.573 e. The third kappa shape index (κ3) is 4.91. The maximum absolute atomic E-state index is 12.6. The van der Waals surface area contributed by atoms with Gasteiger partial charge in [-0.05, 0) is 43.2 Å². The van der Waals surface area contributed by atoms with E-state index in [1.165, 1.54) is 18.2 Å². The van der Waals surface area contributed by atoms with Crippen LogP contribution >= 0.6 is 0 Å². The number of benzene rings is 2. The molecule has 2 amide bonds. The van der Waals surface area contributed by atoms with Gasteiger partial charge in [0.15, 0.2) is 0 Å². The van der Waals surface area contributed by atoms with Crippen LogP contribution in [0.5, 0.6) is 5.75 Å². The highest BCUT2D eigenvalue weighted by Gasteiger charge is 2.31. The summed E-state index contributed by atoms with van der Waals surface area (Å²) in [5.41, 5.74) is 2.70. The molecule has 1 heterocycles. The second-order valence-corrected chi connectivity index (χ2v) is 6.76. The van der Waals surface area contributed by atoms with Crippen LogP contribution in [-0.2, 0) is 6.54 Å². The molecule has 0 aliphatic rings. The summed E-state index contributed by atoms with van der Waals surface area (Å²) >= 11 is 0. The average molecular weight is 430 g/mol. The number of rotatable bonds is 6. The number of fused-ring (bicyclic) bond motifs is 1. The number of nitriles is 1. The summed E-state index contributed by atoms with van der Waals surface area (Å²) in [4.78, 5) is 11.8. The predicted octanol–water partition coefficient (Wildman–Crippen LogP) is 5.63. The molecule has 6 nitrogen and oxygen atoms in total. The van der Waals surface area contributed by atoms with Crippen LogP contribution in [-0.4, -0.2) is 23.5 Å². The monoisotopic (exact) mass is 430 g/mol. The van der Waals surface area contributed by atoms with E-state index in [4.69, 9.17) is 0 Å². The van der Waals surface area contributed by atoms with Gasteiger partial charge in [-0.25, -0.2) is 4.79 Å². The smallest absolute Gasteiger partial charge is 0.406 e. The van der Waals surface area contributed by atoms with E-state index in [1.54, 1.807) is 28.8 Å². The van der Waals surface area contributed by atoms with Gasteiger partial charge in [0, 0.05) is 30.2 Å². The highest BCUT2D eigenvalue weighted by Crippen LogP contribution is 2.36. The first-order valence-corrected chi connectivity index (χ1v) is 9.74. The van der Waals surface area contributed by atoms with Gasteiger partial charge < -0.3 is 19.9 Å². The molecule has 0 bridgehead atoms. The minimum absolute atomic E-state index is 0.313. The number of urea groups is 1. The number of alkyl halides is 3. The quantitative estimate of drug-likeness (QED) is 0.532. The first-order chi connectivity index (χ1) is 14.8. The van der Waals surface area contributed by atoms with Gasteiger partial charge in [0.25, 0.3) is 0 Å². The van der Waals surface area contributed by atoms with Crippen molar-refractivity contribution in [2.75, 3.05) is 11.9 Å². The number of carbonyl (C=O) groups excluding carboxylic acids is 1. The van der Waals surface area contributed by atoms with Gasteiger partial charge in [-0.15, -0.1) is 13.2 Å². The van der Waals surface area contributed by atoms with Gasteiger partial charge in [-0.2, -0.15) is 5.26 Å². The number of anilines is 1. The van der Waals surface area contributed by atoms with Crippen molar-refractivity contribution in [2.24, 2.45) is 0 Å². The Morgan fingerprint density at radius 3 is 2.45 bits per heavy atom. The number of amides is 2. The number of nitrogens with zero attached hydrogens (tertiary/aromatic N) is 2. The van der Waals surface area contributed by atoms with Crippen LogP contribution in [0.1, 0.15) is 25.8 Å². The maximum atomic E-state index is 12.6. The fourth-order valence-electron chi connectivity index (χ4n) is 3.39. The van der Waals surface area contributed by atoms with Gasteiger partial charge in [-0.3, -0.25) is 0 Å². The molecule has 0 fully saturated rings. The number of aryl methyl sites for hydroxylation is 1. The zero-order valence-electron chi connectivity index (χ0n) is 17.0. The van der Waals surface area contributed by atoms with E-state index in [1.807, 2.05) is 13.8 Å². The van der Waals surface area contributed by atoms with Gasteiger partial charge in [-0.1, -0.05) is 19.1 Å². The Kier molecular flexibility index (Phi) is 6.39. The Hall–Kier alpha value is -3.67. The average Bonchev–Trinajstić information content (AvgIpc) is 3.04. The fourth-order valence-corrected chi connectivity index (χ4v) is 3.39. The summed E-state index contributed by atoms with van der Waals surface area (Å²) in [6.45, 7) is 4.79. The SMILES string of the molecule is CCCNC(=O)Nc1ccc(-c2c(C#N)c3ccc(OC(F)(F)F)cc3n2CC)cc1. The Balaban J connectivity index is 2.01. The van der Waals surface area contributed by atoms with E-state index >= 15 is 0 Å². The number of carbonyl (C=O) groups is 1. The normalized spacial score (nSPS) is 11.2. The summed E-state index contributed by atoms with van der Waals surface area (Å²) in [6, 6.07) is 12.7. The summed E-state index contributed by atoms with van der Waals surface area (Å²) in [5.74, 6) is -0.346. The molecule has 162 valence electrons. The third-order valence-corrected chi connectivity index (χ3v) is 4.65. The molecule has 3 aromatic rings. The molecule has 0 spiro atoms. The fraction of sp³-hybridized carbons (Fsp3) is 0.273. The molecule has 0 aliphatic carbocycles. The van der Waals surface area contributed by atoms with Crippen molar-refractivity contribution in [1.82, 2.24) is 9.88 Å². The zero-order chi connectivity index (χ0) is 22.6. The molecule has 2 aromatic carbocycles. The van der Waals surface area contributed by atoms with Crippen LogP contribution in [0.25, 0.3) is 22.2 Å². The highest BCUT2D eigenvalue weighted by molar-refractivity contribution is 5.96. The van der Waals surface area contributed by atoms with Crippen LogP contribution in [0, 0.1) is 11.3 Å². The van der Waals surface area contributed by atoms with Gasteiger partial charge in [0.1, 0.15) is 11.8 Å². The molecular formula is C22H21F3N4O2. The van der Waals surface area contributed by atoms with Crippen molar-refractivity contribution in [3.63, 3.8) is 0 Å². The lowest BCUT2D eigenvalue weighted by Gasteiger charge is -2.11. The number of halogens is 3. The number of hydrogen-bond donors (Lipinski definition) is 2. The lowest BCUT2D eigenvalue weighted by atomic mass is 10.1. The van der Waals surface area contributed by atoms with E-state index in [0.717, 1.165) is 6.42 Å². The summed E-state index contributed by atoms with van der Waals surface area (Å²) < 4.78 is 43.7. The molecule has 0 atom stereocenters. The number of ether oxygens (including phenoxy) is 1. The van der Waals surface area contributed by atoms with E-state index in [-0.39, 0.29) is 11.8 Å². The Bertz CT molecular complexity index is 1130. The number of aromatic nitrogens is 1. The van der Waals surface area contributed by atoms with Crippen molar-refractivity contribution < 1.29 is 22.7 Å². The molecule has 1 aromatic heterocycles. The Morgan fingerprint density at radius 2 is 1.87 bits per heavy atom. The molecule has 0 saturated carbocycles. The third-order valence-electron chi connectivity index (χ3n) is 4.65. The zero-order valence-corrected chi connectivity index (χ0v) is 17.0. The van der Waals surface area contributed by atoms with Gasteiger partial charge in [0.2, 0.25) is 0 Å². The van der Waals surface area contributed by atoms with Crippen LogP contribution < -0.4 is 15.4 Å².